The highest BCUT2D eigenvalue weighted by Crippen LogP contribution is 2.25. The van der Waals surface area contributed by atoms with Crippen LogP contribution in [0.2, 0.25) is 0 Å². The summed E-state index contributed by atoms with van der Waals surface area (Å²) in [5.74, 6) is 0. The van der Waals surface area contributed by atoms with Crippen molar-refractivity contribution in [2.45, 2.75) is 20.0 Å². The summed E-state index contributed by atoms with van der Waals surface area (Å²) in [5, 5.41) is 13.6. The van der Waals surface area contributed by atoms with Gasteiger partial charge in [-0.3, -0.25) is 10.1 Å². The van der Waals surface area contributed by atoms with Gasteiger partial charge in [0.05, 0.1) is 11.5 Å². The molecule has 0 radical (unpaired) electrons. The van der Waals surface area contributed by atoms with Gasteiger partial charge in [0.25, 0.3) is 12.1 Å². The van der Waals surface area contributed by atoms with Gasteiger partial charge in [0, 0.05) is 12.6 Å². The second-order valence-electron chi connectivity index (χ2n) is 3.55. The average Bonchev–Trinajstić information content (AvgIpc) is 2.29. The van der Waals surface area contributed by atoms with Gasteiger partial charge in [-0.25, -0.2) is 8.78 Å². The van der Waals surface area contributed by atoms with Crippen LogP contribution in [0.25, 0.3) is 0 Å². The average molecular weight is 260 g/mol. The molecule has 0 aromatic heterocycles. The van der Waals surface area contributed by atoms with E-state index in [2.05, 4.69) is 5.32 Å². The molecule has 1 aromatic carbocycles. The number of nitrogens with one attached hydrogen (secondary N) is 1. The molecule has 0 aliphatic rings. The molecule has 0 saturated heterocycles. The van der Waals surface area contributed by atoms with Crippen molar-refractivity contribution < 1.29 is 18.4 Å². The first-order chi connectivity index (χ1) is 8.54. The lowest BCUT2D eigenvalue weighted by atomic mass is 10.2. The number of benzene rings is 1. The van der Waals surface area contributed by atoms with Crippen molar-refractivity contribution in [1.29, 1.82) is 0 Å². The van der Waals surface area contributed by atoms with Crippen LogP contribution in [0.3, 0.4) is 0 Å². The highest BCUT2D eigenvalue weighted by Gasteiger charge is 2.13. The minimum atomic E-state index is -2.52. The summed E-state index contributed by atoms with van der Waals surface area (Å²) >= 11 is 0. The lowest BCUT2D eigenvalue weighted by Crippen LogP contribution is -2.05. The van der Waals surface area contributed by atoms with E-state index in [0.717, 1.165) is 0 Å². The molecule has 0 bridgehead atoms. The summed E-state index contributed by atoms with van der Waals surface area (Å²) in [4.78, 5) is 10.2. The van der Waals surface area contributed by atoms with Gasteiger partial charge in [-0.2, -0.15) is 0 Å². The number of ether oxygens (including phenoxy) is 1. The summed E-state index contributed by atoms with van der Waals surface area (Å²) in [5.41, 5.74) is 0.923. The van der Waals surface area contributed by atoms with Gasteiger partial charge in [-0.1, -0.05) is 0 Å². The molecular formula is C11H14F2N2O3. The molecular weight excluding hydrogens is 246 g/mol. The Kier molecular flexibility index (Phi) is 5.44. The van der Waals surface area contributed by atoms with Crippen LogP contribution in [0.5, 0.6) is 0 Å². The van der Waals surface area contributed by atoms with E-state index >= 15 is 0 Å². The zero-order valence-corrected chi connectivity index (χ0v) is 9.86. The van der Waals surface area contributed by atoms with Gasteiger partial charge in [0.15, 0.2) is 0 Å². The van der Waals surface area contributed by atoms with Crippen molar-refractivity contribution in [2.24, 2.45) is 0 Å². The molecule has 0 unspecified atom stereocenters. The van der Waals surface area contributed by atoms with Gasteiger partial charge >= 0.3 is 0 Å². The first-order valence-electron chi connectivity index (χ1n) is 5.41. The predicted molar refractivity (Wildman–Crippen MR) is 62.9 cm³/mol. The number of hydrogen-bond acceptors (Lipinski definition) is 4. The maximum Gasteiger partial charge on any atom is 0.292 e. The molecule has 0 aliphatic heterocycles. The smallest absolute Gasteiger partial charge is 0.292 e. The number of hydrogen-bond donors (Lipinski definition) is 1. The summed E-state index contributed by atoms with van der Waals surface area (Å²) in [6.07, 6.45) is -2.52. The zero-order chi connectivity index (χ0) is 13.5. The zero-order valence-electron chi connectivity index (χ0n) is 9.86. The lowest BCUT2D eigenvalue weighted by Gasteiger charge is -2.08. The SMILES string of the molecule is CCNc1cc(COCC(F)F)ccc1[N+](=O)[O-]. The number of nitro groups is 1. The van der Waals surface area contributed by atoms with Crippen molar-refractivity contribution in [3.8, 4) is 0 Å². The minimum absolute atomic E-state index is 0.000723. The van der Waals surface area contributed by atoms with Gasteiger partial charge in [-0.15, -0.1) is 0 Å². The number of anilines is 1. The number of nitrogens with zero attached hydrogens (tertiary/aromatic N) is 1. The molecule has 100 valence electrons. The molecule has 1 rings (SSSR count). The van der Waals surface area contributed by atoms with Crippen molar-refractivity contribution in [3.63, 3.8) is 0 Å². The van der Waals surface area contributed by atoms with E-state index in [1.165, 1.54) is 18.2 Å². The van der Waals surface area contributed by atoms with E-state index in [1.807, 2.05) is 6.92 Å². The number of alkyl halides is 2. The van der Waals surface area contributed by atoms with Gasteiger partial charge in [0.2, 0.25) is 0 Å². The largest absolute Gasteiger partial charge is 0.380 e. The third kappa shape index (κ3) is 4.25. The Morgan fingerprint density at radius 1 is 1.50 bits per heavy atom. The van der Waals surface area contributed by atoms with Crippen LogP contribution in [0.4, 0.5) is 20.2 Å². The Hall–Kier alpha value is -1.76. The van der Waals surface area contributed by atoms with Crippen LogP contribution < -0.4 is 5.32 Å². The van der Waals surface area contributed by atoms with Gasteiger partial charge < -0.3 is 10.1 Å². The highest BCUT2D eigenvalue weighted by atomic mass is 19.3. The van der Waals surface area contributed by atoms with E-state index in [4.69, 9.17) is 4.74 Å². The van der Waals surface area contributed by atoms with Gasteiger partial charge in [-0.05, 0) is 24.6 Å². The summed E-state index contributed by atoms with van der Waals surface area (Å²) < 4.78 is 28.5. The Morgan fingerprint density at radius 2 is 2.22 bits per heavy atom. The van der Waals surface area contributed by atoms with Crippen molar-refractivity contribution in [1.82, 2.24) is 0 Å². The Bertz CT molecular complexity index is 413. The van der Waals surface area contributed by atoms with E-state index in [0.29, 0.717) is 17.8 Å². The summed E-state index contributed by atoms with van der Waals surface area (Å²) in [6, 6.07) is 4.36. The third-order valence-corrected chi connectivity index (χ3v) is 2.14. The van der Waals surface area contributed by atoms with Gasteiger partial charge in [0.1, 0.15) is 12.3 Å². The van der Waals surface area contributed by atoms with Crippen molar-refractivity contribution >= 4 is 11.4 Å². The lowest BCUT2D eigenvalue weighted by molar-refractivity contribution is -0.384. The van der Waals surface area contributed by atoms with Crippen LogP contribution in [0.1, 0.15) is 12.5 Å². The van der Waals surface area contributed by atoms with Crippen LogP contribution in [-0.2, 0) is 11.3 Å². The standard InChI is InChI=1S/C11H14F2N2O3/c1-2-14-9-5-8(6-18-7-11(12)13)3-4-10(9)15(16)17/h3-5,11,14H,2,6-7H2,1H3. The fraction of sp³-hybridized carbons (Fsp3) is 0.455. The Balaban J connectivity index is 2.76. The van der Waals surface area contributed by atoms with Crippen molar-refractivity contribution in [2.75, 3.05) is 18.5 Å². The summed E-state index contributed by atoms with van der Waals surface area (Å²) in [7, 11) is 0. The Labute approximate surface area is 103 Å². The first-order valence-corrected chi connectivity index (χ1v) is 5.41. The maximum absolute atomic E-state index is 11.9. The second kappa shape index (κ2) is 6.85. The highest BCUT2D eigenvalue weighted by molar-refractivity contribution is 5.62. The number of halogens is 2. The Morgan fingerprint density at radius 3 is 2.78 bits per heavy atom. The monoisotopic (exact) mass is 260 g/mol. The fourth-order valence-corrected chi connectivity index (χ4v) is 1.43. The van der Waals surface area contributed by atoms with E-state index in [-0.39, 0.29) is 12.3 Å². The van der Waals surface area contributed by atoms with Crippen LogP contribution in [-0.4, -0.2) is 24.5 Å². The van der Waals surface area contributed by atoms with Crippen LogP contribution >= 0.6 is 0 Å². The normalized spacial score (nSPS) is 10.7. The quantitative estimate of drug-likeness (QED) is 0.604. The molecule has 1 aromatic rings. The van der Waals surface area contributed by atoms with E-state index in [9.17, 15) is 18.9 Å². The molecule has 0 aliphatic carbocycles. The van der Waals surface area contributed by atoms with Crippen LogP contribution in [0.15, 0.2) is 18.2 Å². The first kappa shape index (κ1) is 14.3. The molecule has 0 atom stereocenters. The summed E-state index contributed by atoms with van der Waals surface area (Å²) in [6.45, 7) is 1.69. The molecule has 7 heteroatoms. The molecule has 0 saturated carbocycles. The van der Waals surface area contributed by atoms with Crippen LogP contribution in [0, 0.1) is 10.1 Å². The number of rotatable bonds is 7. The molecule has 0 amide bonds. The molecule has 5 nitrogen and oxygen atoms in total. The molecule has 1 N–H and O–H groups in total. The predicted octanol–water partition coefficient (Wildman–Crippen LogP) is 2.81. The minimum Gasteiger partial charge on any atom is -0.380 e. The van der Waals surface area contributed by atoms with E-state index < -0.39 is 18.0 Å². The second-order valence-corrected chi connectivity index (χ2v) is 3.55. The number of nitro benzene ring substituents is 1. The van der Waals surface area contributed by atoms with Crippen molar-refractivity contribution in [3.05, 3.63) is 33.9 Å². The third-order valence-electron chi connectivity index (χ3n) is 2.14. The van der Waals surface area contributed by atoms with E-state index in [1.54, 1.807) is 0 Å². The topological polar surface area (TPSA) is 64.4 Å². The maximum atomic E-state index is 11.9. The fourth-order valence-electron chi connectivity index (χ4n) is 1.43. The molecule has 0 spiro atoms. The molecule has 0 fully saturated rings. The molecule has 18 heavy (non-hydrogen) atoms. The molecule has 0 heterocycles.